The van der Waals surface area contributed by atoms with Gasteiger partial charge in [0.25, 0.3) is 0 Å². The van der Waals surface area contributed by atoms with Crippen LogP contribution >= 0.6 is 0 Å². The lowest BCUT2D eigenvalue weighted by atomic mass is 9.89. The molecule has 1 heterocycles. The second-order valence-electron chi connectivity index (χ2n) is 13.5. The average Bonchev–Trinajstić information content (AvgIpc) is 3.14. The van der Waals surface area contributed by atoms with E-state index in [0.717, 1.165) is 47.9 Å². The number of halogens is 2. The molecule has 286 valence electrons. The molecule has 0 unspecified atom stereocenters. The number of benzene rings is 4. The van der Waals surface area contributed by atoms with Gasteiger partial charge >= 0.3 is 6.09 Å². The molecule has 0 bridgehead atoms. The first-order valence-corrected chi connectivity index (χ1v) is 17.7. The SMILES string of the molecule is F.F.NC1CCC(N(C(=O)O)c2cc(CCCC(=O)Nc3ccc(CNC[C@@H](O)c4ccc(O)c5[nH]c(=O)ccc45)cc3)ccc2-c2ccccc2)CC1. The number of aliphatic hydroxyl groups is 1. The lowest BCUT2D eigenvalue weighted by molar-refractivity contribution is -0.116. The number of aryl methyl sites for hydroxylation is 1. The fourth-order valence-corrected chi connectivity index (χ4v) is 7.00. The van der Waals surface area contributed by atoms with Gasteiger partial charge in [-0.25, -0.2) is 4.79 Å². The van der Waals surface area contributed by atoms with E-state index in [9.17, 15) is 29.7 Å². The number of aromatic nitrogens is 1. The van der Waals surface area contributed by atoms with Crippen molar-refractivity contribution in [2.75, 3.05) is 16.8 Å². The third-order valence-electron chi connectivity index (χ3n) is 9.76. The number of nitrogens with two attached hydrogens (primary N) is 1. The minimum absolute atomic E-state index is 0. The van der Waals surface area contributed by atoms with Crippen LogP contribution in [-0.2, 0) is 17.8 Å². The van der Waals surface area contributed by atoms with Gasteiger partial charge in [-0.2, -0.15) is 0 Å². The van der Waals surface area contributed by atoms with Crippen molar-refractivity contribution in [3.05, 3.63) is 124 Å². The number of aliphatic hydroxyl groups excluding tert-OH is 1. The largest absolute Gasteiger partial charge is 0.506 e. The fraction of sp³-hybridized carbons (Fsp3) is 0.293. The lowest BCUT2D eigenvalue weighted by Gasteiger charge is -2.35. The Bertz CT molecular complexity index is 2070. The van der Waals surface area contributed by atoms with Crippen LogP contribution in [-0.4, -0.2) is 50.9 Å². The molecular weight excluding hydrogens is 696 g/mol. The highest BCUT2D eigenvalue weighted by Crippen LogP contribution is 2.36. The van der Waals surface area contributed by atoms with E-state index in [1.165, 1.54) is 17.0 Å². The molecule has 8 N–H and O–H groups in total. The van der Waals surface area contributed by atoms with Gasteiger partial charge in [0.1, 0.15) is 5.75 Å². The first-order chi connectivity index (χ1) is 25.2. The van der Waals surface area contributed by atoms with Crippen LogP contribution in [0.4, 0.5) is 25.6 Å². The molecule has 1 fully saturated rings. The van der Waals surface area contributed by atoms with Crippen LogP contribution in [0.1, 0.15) is 61.3 Å². The van der Waals surface area contributed by atoms with E-state index in [1.54, 1.807) is 12.1 Å². The summed E-state index contributed by atoms with van der Waals surface area (Å²) >= 11 is 0. The number of fused-ring (bicyclic) bond motifs is 1. The number of carboxylic acid groups (broad SMARTS) is 1. The molecule has 0 saturated heterocycles. The number of nitrogens with zero attached hydrogens (tertiary/aromatic N) is 1. The molecule has 2 amide bonds. The number of anilines is 2. The standard InChI is InChI=1S/C41H45N5O6.2FH/c42-29-12-16-31(17-13-29)46(41(51)52)35-23-26(11-18-32(35)28-6-2-1-3-7-28)5-4-8-38(49)44-30-14-9-27(10-15-30)24-43-25-37(48)33-19-21-36(47)40-34(33)20-22-39(50)45-40;;/h1-3,6-7,9-11,14-15,18-23,29,31,37,43,47-48H,4-5,8,12-13,16-17,24-25,42H2,(H,44,49)(H,45,50)(H,51,52);2*1H/t29?,31?,37-;;/m1../s1. The number of hydrogen-bond donors (Lipinski definition) is 7. The van der Waals surface area contributed by atoms with Crippen LogP contribution in [0.3, 0.4) is 0 Å². The summed E-state index contributed by atoms with van der Waals surface area (Å²) in [6.07, 6.45) is 2.69. The maximum atomic E-state index is 12.9. The minimum atomic E-state index is -0.976. The van der Waals surface area contributed by atoms with Gasteiger partial charge in [0, 0.05) is 54.3 Å². The van der Waals surface area contributed by atoms with Gasteiger partial charge in [0.2, 0.25) is 11.5 Å². The van der Waals surface area contributed by atoms with E-state index in [-0.39, 0.29) is 50.8 Å². The number of pyridine rings is 1. The normalized spacial score (nSPS) is 15.7. The number of H-pyrrole nitrogens is 1. The Morgan fingerprint density at radius 2 is 1.59 bits per heavy atom. The van der Waals surface area contributed by atoms with Crippen molar-refractivity contribution >= 4 is 34.3 Å². The zero-order valence-electron chi connectivity index (χ0n) is 29.7. The molecule has 1 saturated carbocycles. The predicted molar refractivity (Wildman–Crippen MR) is 209 cm³/mol. The Hall–Kier alpha value is -5.63. The summed E-state index contributed by atoms with van der Waals surface area (Å²) in [5.74, 6) is -0.167. The van der Waals surface area contributed by atoms with E-state index in [0.29, 0.717) is 48.1 Å². The topological polar surface area (TPSA) is 181 Å². The Morgan fingerprint density at radius 3 is 2.30 bits per heavy atom. The summed E-state index contributed by atoms with van der Waals surface area (Å²) in [6.45, 7) is 0.731. The zero-order chi connectivity index (χ0) is 36.6. The molecule has 6 rings (SSSR count). The van der Waals surface area contributed by atoms with E-state index < -0.39 is 12.2 Å². The summed E-state index contributed by atoms with van der Waals surface area (Å²) in [5, 5.41) is 38.1. The summed E-state index contributed by atoms with van der Waals surface area (Å²) in [7, 11) is 0. The van der Waals surface area contributed by atoms with Crippen molar-refractivity contribution < 1.29 is 34.3 Å². The molecule has 1 aliphatic carbocycles. The monoisotopic (exact) mass is 743 g/mol. The minimum Gasteiger partial charge on any atom is -0.506 e. The van der Waals surface area contributed by atoms with Gasteiger partial charge in [-0.1, -0.05) is 60.7 Å². The molecular formula is C41H47F2N5O6. The average molecular weight is 744 g/mol. The van der Waals surface area contributed by atoms with Gasteiger partial charge in [-0.3, -0.25) is 23.9 Å². The molecule has 5 aromatic rings. The van der Waals surface area contributed by atoms with E-state index in [4.69, 9.17) is 5.73 Å². The Labute approximate surface area is 311 Å². The van der Waals surface area contributed by atoms with Crippen LogP contribution in [0.5, 0.6) is 5.75 Å². The number of phenols is 1. The molecule has 0 spiro atoms. The molecule has 11 nitrogen and oxygen atoms in total. The van der Waals surface area contributed by atoms with Crippen molar-refractivity contribution in [2.24, 2.45) is 5.73 Å². The summed E-state index contributed by atoms with van der Waals surface area (Å²) in [6, 6.07) is 29.2. The third kappa shape index (κ3) is 10.1. The number of hydrogen-bond acceptors (Lipinski definition) is 7. The van der Waals surface area contributed by atoms with Crippen LogP contribution < -0.4 is 26.8 Å². The first kappa shape index (κ1) is 41.1. The Kier molecular flexibility index (Phi) is 14.4. The zero-order valence-corrected chi connectivity index (χ0v) is 29.7. The van der Waals surface area contributed by atoms with Crippen molar-refractivity contribution in [3.63, 3.8) is 0 Å². The molecule has 13 heteroatoms. The predicted octanol–water partition coefficient (Wildman–Crippen LogP) is 6.74. The highest BCUT2D eigenvalue weighted by molar-refractivity contribution is 5.94. The molecule has 1 atom stereocenters. The first-order valence-electron chi connectivity index (χ1n) is 17.7. The van der Waals surface area contributed by atoms with Crippen LogP contribution in [0.25, 0.3) is 22.0 Å². The van der Waals surface area contributed by atoms with Gasteiger partial charge < -0.3 is 36.7 Å². The maximum absolute atomic E-state index is 12.9. The number of carbonyl (C=O) groups is 2. The number of carbonyl (C=O) groups excluding carboxylic acids is 1. The van der Waals surface area contributed by atoms with Crippen LogP contribution in [0.2, 0.25) is 0 Å². The van der Waals surface area contributed by atoms with Gasteiger partial charge in [0.15, 0.2) is 0 Å². The maximum Gasteiger partial charge on any atom is 0.412 e. The second-order valence-corrected chi connectivity index (χ2v) is 13.5. The Morgan fingerprint density at radius 1 is 0.889 bits per heavy atom. The quantitative estimate of drug-likeness (QED) is 0.0692. The van der Waals surface area contributed by atoms with Gasteiger partial charge in [-0.15, -0.1) is 0 Å². The number of phenolic OH excluding ortho intramolecular Hbond substituents is 1. The fourth-order valence-electron chi connectivity index (χ4n) is 7.00. The summed E-state index contributed by atoms with van der Waals surface area (Å²) in [5.41, 5.74) is 11.8. The lowest BCUT2D eigenvalue weighted by Crippen LogP contribution is -2.44. The van der Waals surface area contributed by atoms with Crippen molar-refractivity contribution in [3.8, 4) is 16.9 Å². The number of aromatic hydroxyl groups is 1. The smallest absolute Gasteiger partial charge is 0.412 e. The van der Waals surface area contributed by atoms with Gasteiger partial charge in [-0.05, 0) is 91.1 Å². The number of rotatable bonds is 13. The van der Waals surface area contributed by atoms with Crippen LogP contribution in [0, 0.1) is 0 Å². The highest BCUT2D eigenvalue weighted by atomic mass is 19.0. The van der Waals surface area contributed by atoms with Crippen LogP contribution in [0.15, 0.2) is 102 Å². The van der Waals surface area contributed by atoms with E-state index in [2.05, 4.69) is 15.6 Å². The molecule has 1 aromatic heterocycles. The second kappa shape index (κ2) is 18.9. The van der Waals surface area contributed by atoms with Crippen molar-refractivity contribution in [2.45, 2.75) is 69.7 Å². The summed E-state index contributed by atoms with van der Waals surface area (Å²) < 4.78 is 0. The molecule has 4 aromatic carbocycles. The molecule has 54 heavy (non-hydrogen) atoms. The highest BCUT2D eigenvalue weighted by Gasteiger charge is 2.30. The van der Waals surface area contributed by atoms with Gasteiger partial charge in [0.05, 0.1) is 17.3 Å². The summed E-state index contributed by atoms with van der Waals surface area (Å²) in [4.78, 5) is 41.4. The number of amides is 2. The number of nitrogens with one attached hydrogen (secondary N) is 3. The Balaban J connectivity index is 0.00000325. The van der Waals surface area contributed by atoms with Crippen molar-refractivity contribution in [1.29, 1.82) is 0 Å². The number of aromatic amines is 1. The third-order valence-corrected chi connectivity index (χ3v) is 9.76. The van der Waals surface area contributed by atoms with E-state index >= 15 is 0 Å². The molecule has 1 aliphatic rings. The molecule has 0 aliphatic heterocycles. The molecule has 0 radical (unpaired) electrons. The van der Waals surface area contributed by atoms with Crippen molar-refractivity contribution in [1.82, 2.24) is 10.3 Å². The van der Waals surface area contributed by atoms with E-state index in [1.807, 2.05) is 72.8 Å².